The zero-order chi connectivity index (χ0) is 16.6. The summed E-state index contributed by atoms with van der Waals surface area (Å²) in [6.45, 7) is 5.39. The highest BCUT2D eigenvalue weighted by Crippen LogP contribution is 2.29. The van der Waals surface area contributed by atoms with Crippen LogP contribution in [0.5, 0.6) is 0 Å². The largest absolute Gasteiger partial charge is 0.342 e. The second kappa shape index (κ2) is 7.31. The molecule has 24 heavy (non-hydrogen) atoms. The molecule has 0 bridgehead atoms. The van der Waals surface area contributed by atoms with Crippen LogP contribution in [0.25, 0.3) is 0 Å². The summed E-state index contributed by atoms with van der Waals surface area (Å²) in [4.78, 5) is 12.6. The summed E-state index contributed by atoms with van der Waals surface area (Å²) in [5.74, 6) is -0.206. The van der Waals surface area contributed by atoms with E-state index in [9.17, 15) is 4.79 Å². The van der Waals surface area contributed by atoms with Crippen molar-refractivity contribution >= 4 is 41.5 Å². The van der Waals surface area contributed by atoms with Crippen molar-refractivity contribution in [2.75, 3.05) is 6.54 Å². The van der Waals surface area contributed by atoms with Gasteiger partial charge in [0.1, 0.15) is 0 Å². The third kappa shape index (κ3) is 3.70. The molecule has 0 unspecified atom stereocenters. The summed E-state index contributed by atoms with van der Waals surface area (Å²) >= 11 is 12.0. The maximum Gasteiger partial charge on any atom is 0.272 e. The number of aromatic nitrogens is 2. The highest BCUT2D eigenvalue weighted by molar-refractivity contribution is 6.42. The van der Waals surface area contributed by atoms with Crippen LogP contribution in [0.3, 0.4) is 0 Å². The molecule has 1 aromatic carbocycles. The van der Waals surface area contributed by atoms with Gasteiger partial charge in [-0.3, -0.25) is 9.89 Å². The molecule has 3 rings (SSSR count). The number of amides is 1. The first-order valence-electron chi connectivity index (χ1n) is 7.43. The molecule has 1 aromatic heterocycles. The molecule has 1 amide bonds. The summed E-state index contributed by atoms with van der Waals surface area (Å²) < 4.78 is 0. The molecule has 1 aliphatic rings. The second-order valence-electron chi connectivity index (χ2n) is 6.16. The van der Waals surface area contributed by atoms with Crippen LogP contribution in [-0.2, 0) is 18.5 Å². The van der Waals surface area contributed by atoms with Crippen LogP contribution >= 0.6 is 35.6 Å². The van der Waals surface area contributed by atoms with Crippen LogP contribution in [0, 0.1) is 0 Å². The minimum absolute atomic E-state index is 0. The van der Waals surface area contributed by atoms with Gasteiger partial charge in [-0.15, -0.1) is 12.4 Å². The minimum atomic E-state index is -0.598. The zero-order valence-corrected chi connectivity index (χ0v) is 15.7. The van der Waals surface area contributed by atoms with Gasteiger partial charge >= 0.3 is 0 Å². The Morgan fingerprint density at radius 2 is 2.04 bits per heavy atom. The van der Waals surface area contributed by atoms with Crippen LogP contribution in [0.15, 0.2) is 18.2 Å². The fourth-order valence-corrected chi connectivity index (χ4v) is 3.01. The predicted octanol–water partition coefficient (Wildman–Crippen LogP) is 3.45. The monoisotopic (exact) mass is 388 g/mol. The summed E-state index contributed by atoms with van der Waals surface area (Å²) in [6, 6.07) is 5.36. The van der Waals surface area contributed by atoms with E-state index < -0.39 is 5.54 Å². The molecular formula is C16H19Cl3N4O. The number of nitrogens with one attached hydrogen (secondary N) is 3. The molecule has 0 spiro atoms. The maximum absolute atomic E-state index is 12.6. The molecular weight excluding hydrogens is 371 g/mol. The van der Waals surface area contributed by atoms with Gasteiger partial charge in [-0.1, -0.05) is 29.3 Å². The Bertz CT molecular complexity index is 758. The lowest BCUT2D eigenvalue weighted by Crippen LogP contribution is -2.41. The Morgan fingerprint density at radius 3 is 2.75 bits per heavy atom. The quantitative estimate of drug-likeness (QED) is 0.753. The Labute approximate surface area is 156 Å². The molecule has 2 heterocycles. The van der Waals surface area contributed by atoms with E-state index in [-0.39, 0.29) is 18.3 Å². The Balaban J connectivity index is 0.00000208. The summed E-state index contributed by atoms with van der Waals surface area (Å²) in [5.41, 5.74) is 2.70. The average Bonchev–Trinajstić information content (AvgIpc) is 2.93. The fraction of sp³-hybridized carbons (Fsp3) is 0.375. The SMILES string of the molecule is CC(C)(NC(=O)c1n[nH]c2c1CNCC2)c1ccc(Cl)c(Cl)c1.Cl. The highest BCUT2D eigenvalue weighted by Gasteiger charge is 2.28. The molecule has 8 heteroatoms. The number of carbonyl (C=O) groups excluding carboxylic acids is 1. The van der Waals surface area contributed by atoms with Gasteiger partial charge in [-0.2, -0.15) is 5.10 Å². The van der Waals surface area contributed by atoms with Gasteiger partial charge in [0.15, 0.2) is 5.69 Å². The third-order valence-electron chi connectivity index (χ3n) is 4.09. The number of hydrogen-bond acceptors (Lipinski definition) is 3. The second-order valence-corrected chi connectivity index (χ2v) is 6.98. The van der Waals surface area contributed by atoms with Crippen LogP contribution in [0.2, 0.25) is 10.0 Å². The van der Waals surface area contributed by atoms with E-state index in [1.807, 2.05) is 19.9 Å². The molecule has 0 radical (unpaired) electrons. The van der Waals surface area contributed by atoms with E-state index in [0.29, 0.717) is 22.3 Å². The van der Waals surface area contributed by atoms with Crippen molar-refractivity contribution in [2.45, 2.75) is 32.4 Å². The first kappa shape index (κ1) is 19.1. The molecule has 0 aliphatic carbocycles. The zero-order valence-electron chi connectivity index (χ0n) is 13.4. The van der Waals surface area contributed by atoms with Crippen LogP contribution < -0.4 is 10.6 Å². The lowest BCUT2D eigenvalue weighted by atomic mass is 9.94. The molecule has 0 fully saturated rings. The number of H-pyrrole nitrogens is 1. The van der Waals surface area contributed by atoms with Gasteiger partial charge in [0.25, 0.3) is 5.91 Å². The molecule has 1 aliphatic heterocycles. The van der Waals surface area contributed by atoms with E-state index in [2.05, 4.69) is 20.8 Å². The fourth-order valence-electron chi connectivity index (χ4n) is 2.71. The number of carbonyl (C=O) groups is 1. The van der Waals surface area contributed by atoms with Crippen molar-refractivity contribution in [3.05, 3.63) is 50.8 Å². The van der Waals surface area contributed by atoms with Crippen molar-refractivity contribution < 1.29 is 4.79 Å². The number of fused-ring (bicyclic) bond motifs is 1. The predicted molar refractivity (Wildman–Crippen MR) is 98.2 cm³/mol. The molecule has 0 saturated heterocycles. The van der Waals surface area contributed by atoms with E-state index in [4.69, 9.17) is 23.2 Å². The van der Waals surface area contributed by atoms with Crippen molar-refractivity contribution in [3.63, 3.8) is 0 Å². The van der Waals surface area contributed by atoms with Crippen LogP contribution in [0.1, 0.15) is 41.2 Å². The van der Waals surface area contributed by atoms with Crippen LogP contribution in [-0.4, -0.2) is 22.6 Å². The lowest BCUT2D eigenvalue weighted by Gasteiger charge is -2.27. The van der Waals surface area contributed by atoms with Gasteiger partial charge in [0.05, 0.1) is 15.6 Å². The number of hydrogen-bond donors (Lipinski definition) is 3. The molecule has 2 aromatic rings. The number of nitrogens with zero attached hydrogens (tertiary/aromatic N) is 1. The van der Waals surface area contributed by atoms with Gasteiger partial charge in [-0.25, -0.2) is 0 Å². The van der Waals surface area contributed by atoms with Gasteiger partial charge in [-0.05, 0) is 31.5 Å². The van der Waals surface area contributed by atoms with E-state index in [1.54, 1.807) is 12.1 Å². The normalized spacial score (nSPS) is 13.8. The molecule has 0 saturated carbocycles. The van der Waals surface area contributed by atoms with Gasteiger partial charge in [0, 0.05) is 30.8 Å². The Kier molecular flexibility index (Phi) is 5.81. The average molecular weight is 390 g/mol. The Hall–Kier alpha value is -1.27. The summed E-state index contributed by atoms with van der Waals surface area (Å²) in [5, 5.41) is 14.4. The minimum Gasteiger partial charge on any atom is -0.342 e. The maximum atomic E-state index is 12.6. The summed E-state index contributed by atoms with van der Waals surface area (Å²) in [6.07, 6.45) is 0.853. The molecule has 5 nitrogen and oxygen atoms in total. The first-order valence-corrected chi connectivity index (χ1v) is 8.19. The standard InChI is InChI=1S/C16H18Cl2N4O.ClH/c1-16(2,9-3-4-11(17)12(18)7-9)20-15(23)14-10-8-19-6-5-13(10)21-22-14;/h3-4,7,19H,5-6,8H2,1-2H3,(H,20,23)(H,21,22);1H. The van der Waals surface area contributed by atoms with Crippen molar-refractivity contribution in [2.24, 2.45) is 0 Å². The van der Waals surface area contributed by atoms with E-state index in [0.717, 1.165) is 29.8 Å². The van der Waals surface area contributed by atoms with Gasteiger partial charge < -0.3 is 10.6 Å². The number of halogens is 3. The summed E-state index contributed by atoms with van der Waals surface area (Å²) in [7, 11) is 0. The van der Waals surface area contributed by atoms with Crippen LogP contribution in [0.4, 0.5) is 0 Å². The first-order chi connectivity index (χ1) is 10.9. The third-order valence-corrected chi connectivity index (χ3v) is 4.83. The molecule has 0 atom stereocenters. The topological polar surface area (TPSA) is 69.8 Å². The smallest absolute Gasteiger partial charge is 0.272 e. The van der Waals surface area contributed by atoms with Crippen molar-refractivity contribution in [1.82, 2.24) is 20.8 Å². The molecule has 3 N–H and O–H groups in total. The number of benzene rings is 1. The van der Waals surface area contributed by atoms with E-state index >= 15 is 0 Å². The Morgan fingerprint density at radius 1 is 1.29 bits per heavy atom. The lowest BCUT2D eigenvalue weighted by molar-refractivity contribution is 0.0905. The van der Waals surface area contributed by atoms with Crippen molar-refractivity contribution in [3.8, 4) is 0 Å². The van der Waals surface area contributed by atoms with E-state index in [1.165, 1.54) is 0 Å². The number of rotatable bonds is 3. The molecule has 130 valence electrons. The van der Waals surface area contributed by atoms with Gasteiger partial charge in [0.2, 0.25) is 0 Å². The van der Waals surface area contributed by atoms with Crippen molar-refractivity contribution in [1.29, 1.82) is 0 Å². The number of aromatic amines is 1. The highest BCUT2D eigenvalue weighted by atomic mass is 35.5.